The van der Waals surface area contributed by atoms with Crippen LogP contribution in [-0.4, -0.2) is 52.0 Å². The molecule has 0 bridgehead atoms. The second-order valence-corrected chi connectivity index (χ2v) is 2.92. The Balaban J connectivity index is 4.22. The molecule has 0 amide bonds. The number of aldehydes is 1. The van der Waals surface area contributed by atoms with Crippen LogP contribution in [0, 0.1) is 0 Å². The van der Waals surface area contributed by atoms with Crippen molar-refractivity contribution in [3.05, 3.63) is 0 Å². The number of carbonyl (C=O) groups excluding carboxylic acids is 2. The van der Waals surface area contributed by atoms with E-state index in [0.717, 1.165) is 6.92 Å². The van der Waals surface area contributed by atoms with Gasteiger partial charge in [0.2, 0.25) is 0 Å². The van der Waals surface area contributed by atoms with E-state index in [2.05, 4.69) is 4.74 Å². The van der Waals surface area contributed by atoms with Crippen molar-refractivity contribution in [3.63, 3.8) is 0 Å². The van der Waals surface area contributed by atoms with Crippen LogP contribution < -0.4 is 0 Å². The molecule has 14 heavy (non-hydrogen) atoms. The number of esters is 1. The second-order valence-electron chi connectivity index (χ2n) is 2.92. The number of hydrogen-bond acceptors (Lipinski definition) is 6. The van der Waals surface area contributed by atoms with Crippen LogP contribution in [0.5, 0.6) is 0 Å². The third-order valence-electron chi connectivity index (χ3n) is 1.67. The van der Waals surface area contributed by atoms with Crippen molar-refractivity contribution in [1.82, 2.24) is 0 Å². The molecule has 0 heterocycles. The first-order chi connectivity index (χ1) is 6.40. The van der Waals surface area contributed by atoms with Crippen molar-refractivity contribution in [3.8, 4) is 0 Å². The fourth-order valence-corrected chi connectivity index (χ4v) is 0.892. The smallest absolute Gasteiger partial charge is 0.302 e. The third kappa shape index (κ3) is 3.82. The molecule has 0 spiro atoms. The molecule has 82 valence electrons. The van der Waals surface area contributed by atoms with Gasteiger partial charge in [0, 0.05) is 6.92 Å². The van der Waals surface area contributed by atoms with Crippen LogP contribution >= 0.6 is 0 Å². The Morgan fingerprint density at radius 2 is 1.79 bits per heavy atom. The summed E-state index contributed by atoms with van der Waals surface area (Å²) in [7, 11) is 0. The average molecular weight is 206 g/mol. The van der Waals surface area contributed by atoms with Gasteiger partial charge in [-0.1, -0.05) is 0 Å². The number of carbonyl (C=O) groups is 2. The van der Waals surface area contributed by atoms with Gasteiger partial charge in [0.25, 0.3) is 0 Å². The number of rotatable bonds is 5. The molecule has 0 aromatic rings. The first-order valence-electron chi connectivity index (χ1n) is 4.06. The van der Waals surface area contributed by atoms with Crippen LogP contribution in [0.1, 0.15) is 13.8 Å². The van der Waals surface area contributed by atoms with Gasteiger partial charge in [-0.25, -0.2) is 0 Å². The van der Waals surface area contributed by atoms with E-state index in [-0.39, 0.29) is 6.29 Å². The summed E-state index contributed by atoms with van der Waals surface area (Å²) in [4.78, 5) is 20.5. The molecule has 0 fully saturated rings. The molecule has 0 aliphatic heterocycles. The van der Waals surface area contributed by atoms with E-state index in [1.54, 1.807) is 0 Å². The SMILES string of the molecule is CC(=O)O[C@H](C)[C@@H](O)[C@H](O)[C@@H](O)C=O. The minimum absolute atomic E-state index is 0.0916. The lowest BCUT2D eigenvalue weighted by molar-refractivity contribution is -0.160. The Hall–Kier alpha value is -0.980. The van der Waals surface area contributed by atoms with Crippen LogP contribution in [0.4, 0.5) is 0 Å². The number of aliphatic hydroxyl groups is 3. The zero-order valence-electron chi connectivity index (χ0n) is 7.95. The summed E-state index contributed by atoms with van der Waals surface area (Å²) in [6.07, 6.45) is -5.75. The van der Waals surface area contributed by atoms with E-state index < -0.39 is 30.4 Å². The lowest BCUT2D eigenvalue weighted by Gasteiger charge is -2.24. The summed E-state index contributed by atoms with van der Waals surface area (Å²) in [6.45, 7) is 2.48. The van der Waals surface area contributed by atoms with Gasteiger partial charge in [0.15, 0.2) is 6.29 Å². The van der Waals surface area contributed by atoms with Crippen LogP contribution in [0.25, 0.3) is 0 Å². The maximum Gasteiger partial charge on any atom is 0.302 e. The fourth-order valence-electron chi connectivity index (χ4n) is 0.892. The van der Waals surface area contributed by atoms with Crippen LogP contribution in [-0.2, 0) is 14.3 Å². The summed E-state index contributed by atoms with van der Waals surface area (Å²) < 4.78 is 4.55. The predicted octanol–water partition coefficient (Wildman–Crippen LogP) is -1.78. The Morgan fingerprint density at radius 1 is 1.29 bits per heavy atom. The van der Waals surface area contributed by atoms with E-state index >= 15 is 0 Å². The van der Waals surface area contributed by atoms with Gasteiger partial charge in [-0.2, -0.15) is 0 Å². The molecule has 0 saturated carbocycles. The molecular weight excluding hydrogens is 192 g/mol. The van der Waals surface area contributed by atoms with Gasteiger partial charge in [0.05, 0.1) is 0 Å². The van der Waals surface area contributed by atoms with Crippen molar-refractivity contribution in [2.24, 2.45) is 0 Å². The highest BCUT2D eigenvalue weighted by Crippen LogP contribution is 2.07. The molecule has 4 atom stereocenters. The van der Waals surface area contributed by atoms with Crippen molar-refractivity contribution >= 4 is 12.3 Å². The Bertz CT molecular complexity index is 204. The monoisotopic (exact) mass is 206 g/mol. The Kier molecular flexibility index (Phi) is 5.29. The topological polar surface area (TPSA) is 104 Å². The third-order valence-corrected chi connectivity index (χ3v) is 1.67. The molecule has 3 N–H and O–H groups in total. The van der Waals surface area contributed by atoms with Crippen LogP contribution in [0.3, 0.4) is 0 Å². The molecule has 0 aromatic heterocycles. The van der Waals surface area contributed by atoms with E-state index in [9.17, 15) is 14.7 Å². The number of hydrogen-bond donors (Lipinski definition) is 3. The van der Waals surface area contributed by atoms with E-state index in [1.165, 1.54) is 6.92 Å². The summed E-state index contributed by atoms with van der Waals surface area (Å²) >= 11 is 0. The number of ether oxygens (including phenoxy) is 1. The highest BCUT2D eigenvalue weighted by Gasteiger charge is 2.30. The van der Waals surface area contributed by atoms with Gasteiger partial charge >= 0.3 is 5.97 Å². The normalized spacial score (nSPS) is 19.2. The van der Waals surface area contributed by atoms with Crippen LogP contribution in [0.2, 0.25) is 0 Å². The largest absolute Gasteiger partial charge is 0.460 e. The van der Waals surface area contributed by atoms with Crippen molar-refractivity contribution < 1.29 is 29.6 Å². The molecule has 0 saturated heterocycles. The lowest BCUT2D eigenvalue weighted by atomic mass is 10.1. The molecule has 0 rings (SSSR count). The minimum atomic E-state index is -1.69. The summed E-state index contributed by atoms with van der Waals surface area (Å²) in [5.74, 6) is -0.621. The first kappa shape index (κ1) is 13.0. The first-order valence-corrected chi connectivity index (χ1v) is 4.06. The lowest BCUT2D eigenvalue weighted by Crippen LogP contribution is -2.45. The quantitative estimate of drug-likeness (QED) is 0.363. The fraction of sp³-hybridized carbons (Fsp3) is 0.750. The summed E-state index contributed by atoms with van der Waals surface area (Å²) in [6, 6.07) is 0. The molecule has 0 aromatic carbocycles. The summed E-state index contributed by atoms with van der Waals surface area (Å²) in [5.41, 5.74) is 0. The maximum atomic E-state index is 10.5. The Morgan fingerprint density at radius 3 is 2.14 bits per heavy atom. The molecule has 6 nitrogen and oxygen atoms in total. The van der Waals surface area contributed by atoms with Crippen molar-refractivity contribution in [1.29, 1.82) is 0 Å². The van der Waals surface area contributed by atoms with Gasteiger partial charge < -0.3 is 24.9 Å². The highest BCUT2D eigenvalue weighted by molar-refractivity contribution is 5.66. The van der Waals surface area contributed by atoms with Gasteiger partial charge in [-0.3, -0.25) is 4.79 Å². The van der Waals surface area contributed by atoms with E-state index in [1.807, 2.05) is 0 Å². The van der Waals surface area contributed by atoms with Crippen LogP contribution in [0.15, 0.2) is 0 Å². The van der Waals surface area contributed by atoms with Crippen molar-refractivity contribution in [2.45, 2.75) is 38.3 Å². The zero-order valence-corrected chi connectivity index (χ0v) is 7.95. The van der Waals surface area contributed by atoms with Gasteiger partial charge in [0.1, 0.15) is 24.4 Å². The molecule has 0 aliphatic carbocycles. The molecule has 6 heteroatoms. The summed E-state index contributed by atoms with van der Waals surface area (Å²) in [5, 5.41) is 27.3. The average Bonchev–Trinajstić information content (AvgIpc) is 2.13. The number of aliphatic hydroxyl groups excluding tert-OH is 3. The molecule has 0 radical (unpaired) electrons. The second kappa shape index (κ2) is 5.69. The van der Waals surface area contributed by atoms with E-state index in [4.69, 9.17) is 10.2 Å². The minimum Gasteiger partial charge on any atom is -0.460 e. The highest BCUT2D eigenvalue weighted by atomic mass is 16.6. The van der Waals surface area contributed by atoms with Crippen molar-refractivity contribution in [2.75, 3.05) is 0 Å². The van der Waals surface area contributed by atoms with E-state index in [0.29, 0.717) is 0 Å². The van der Waals surface area contributed by atoms with Gasteiger partial charge in [-0.05, 0) is 6.92 Å². The Labute approximate surface area is 81.1 Å². The molecular formula is C8H14O6. The maximum absolute atomic E-state index is 10.5. The molecule has 0 aliphatic rings. The zero-order chi connectivity index (χ0) is 11.3. The predicted molar refractivity (Wildman–Crippen MR) is 45.3 cm³/mol. The van der Waals surface area contributed by atoms with Gasteiger partial charge in [-0.15, -0.1) is 0 Å². The standard InChI is InChI=1S/C8H14O6/c1-4(14-5(2)10)7(12)8(13)6(11)3-9/h3-4,6-8,11-13H,1-2H3/t4-,6+,7-,8-/m1/s1. The molecule has 0 unspecified atom stereocenters.